The Bertz CT molecular complexity index is 1290. The van der Waals surface area contributed by atoms with Crippen molar-refractivity contribution in [3.63, 3.8) is 0 Å². The van der Waals surface area contributed by atoms with Crippen LogP contribution in [-0.2, 0) is 16.1 Å². The Kier molecular flexibility index (Phi) is 8.15. The van der Waals surface area contributed by atoms with Crippen LogP contribution in [0.3, 0.4) is 0 Å². The zero-order valence-corrected chi connectivity index (χ0v) is 18.0. The molecule has 10 heteroatoms. The van der Waals surface area contributed by atoms with Gasteiger partial charge in [0, 0.05) is 24.1 Å². The summed E-state index contributed by atoms with van der Waals surface area (Å²) in [5.41, 5.74) is 5.67. The molecular formula is C21H21N5O4S. The molecule has 0 aliphatic heterocycles. The van der Waals surface area contributed by atoms with Crippen LogP contribution in [0.25, 0.3) is 11.5 Å². The molecule has 2 aromatic rings. The summed E-state index contributed by atoms with van der Waals surface area (Å²) in [6, 6.07) is 8.59. The number of nitriles is 1. The number of carboxylic acids is 1. The maximum atomic E-state index is 12.5. The molecule has 0 aliphatic rings. The molecule has 0 aliphatic carbocycles. The van der Waals surface area contributed by atoms with Crippen LogP contribution in [0.1, 0.15) is 6.92 Å². The summed E-state index contributed by atoms with van der Waals surface area (Å²) in [4.78, 5) is 37.2. The van der Waals surface area contributed by atoms with Gasteiger partial charge in [-0.1, -0.05) is 28.9 Å². The molecule has 3 N–H and O–H groups in total. The number of hydrogen-bond donors (Lipinski definition) is 3. The van der Waals surface area contributed by atoms with Crippen molar-refractivity contribution < 1.29 is 14.7 Å². The Hall–Kier alpha value is -3.86. The molecule has 1 aromatic heterocycles. The lowest BCUT2D eigenvalue weighted by Gasteiger charge is -2.10. The molecule has 160 valence electrons. The van der Waals surface area contributed by atoms with Crippen molar-refractivity contribution in [3.8, 4) is 6.07 Å². The smallest absolute Gasteiger partial charge is 0.354 e. The van der Waals surface area contributed by atoms with Crippen molar-refractivity contribution in [2.24, 2.45) is 0 Å². The molecule has 0 radical (unpaired) electrons. The van der Waals surface area contributed by atoms with Crippen molar-refractivity contribution in [3.05, 3.63) is 55.6 Å². The van der Waals surface area contributed by atoms with Crippen LogP contribution in [0.5, 0.6) is 0 Å². The van der Waals surface area contributed by atoms with Crippen molar-refractivity contribution in [1.82, 2.24) is 9.47 Å². The minimum atomic E-state index is -1.41. The van der Waals surface area contributed by atoms with E-state index in [1.807, 2.05) is 0 Å². The summed E-state index contributed by atoms with van der Waals surface area (Å²) in [5, 5.41) is 23.7. The van der Waals surface area contributed by atoms with Gasteiger partial charge >= 0.3 is 5.97 Å². The molecule has 0 unspecified atom stereocenters. The van der Waals surface area contributed by atoms with E-state index >= 15 is 0 Å². The van der Waals surface area contributed by atoms with Crippen LogP contribution in [-0.4, -0.2) is 47.1 Å². The zero-order valence-electron chi connectivity index (χ0n) is 17.2. The second kappa shape index (κ2) is 10.8. The molecule has 0 spiro atoms. The lowest BCUT2D eigenvalue weighted by molar-refractivity contribution is -0.132. The van der Waals surface area contributed by atoms with Crippen LogP contribution in [0.2, 0.25) is 0 Å². The fourth-order valence-corrected chi connectivity index (χ4v) is 3.46. The lowest BCUT2D eigenvalue weighted by Crippen LogP contribution is -2.30. The van der Waals surface area contributed by atoms with Gasteiger partial charge in [0.15, 0.2) is 5.57 Å². The van der Waals surface area contributed by atoms with E-state index in [0.29, 0.717) is 17.9 Å². The highest BCUT2D eigenvalue weighted by Crippen LogP contribution is 2.14. The number of amides is 1. The van der Waals surface area contributed by atoms with E-state index in [4.69, 9.17) is 10.4 Å². The third kappa shape index (κ3) is 6.57. The molecule has 1 aromatic carbocycles. The molecule has 31 heavy (non-hydrogen) atoms. The number of hydrogen-bond acceptors (Lipinski definition) is 7. The Morgan fingerprint density at radius 3 is 2.65 bits per heavy atom. The fraction of sp³-hybridized carbons (Fsp3) is 0.238. The van der Waals surface area contributed by atoms with Gasteiger partial charge in [0.1, 0.15) is 15.3 Å². The Labute approximate surface area is 182 Å². The van der Waals surface area contributed by atoms with E-state index in [2.05, 4.69) is 22.1 Å². The van der Waals surface area contributed by atoms with Gasteiger partial charge in [-0.15, -0.1) is 0 Å². The van der Waals surface area contributed by atoms with Crippen LogP contribution < -0.4 is 25.4 Å². The summed E-state index contributed by atoms with van der Waals surface area (Å²) < 4.78 is 1.78. The molecular weight excluding hydrogens is 418 g/mol. The first kappa shape index (κ1) is 23.4. The minimum Gasteiger partial charge on any atom is -0.477 e. The maximum Gasteiger partial charge on any atom is 0.354 e. The van der Waals surface area contributed by atoms with Gasteiger partial charge in [-0.25, -0.2) is 4.79 Å². The topological polar surface area (TPSA) is 127 Å². The minimum absolute atomic E-state index is 0.141. The average molecular weight is 439 g/mol. The van der Waals surface area contributed by atoms with Crippen LogP contribution >= 0.6 is 11.3 Å². The average Bonchev–Trinajstić information content (AvgIpc) is 2.99. The van der Waals surface area contributed by atoms with Crippen molar-refractivity contribution in [2.45, 2.75) is 13.5 Å². The summed E-state index contributed by atoms with van der Waals surface area (Å²) >= 11 is 0.984. The largest absolute Gasteiger partial charge is 0.477 e. The van der Waals surface area contributed by atoms with Crippen LogP contribution in [0, 0.1) is 11.3 Å². The van der Waals surface area contributed by atoms with Gasteiger partial charge in [0.2, 0.25) is 5.91 Å². The second-order valence-electron chi connectivity index (χ2n) is 6.50. The number of carbonyl (C=O) groups is 2. The fourth-order valence-electron chi connectivity index (χ4n) is 2.48. The number of thiazole rings is 1. The van der Waals surface area contributed by atoms with Gasteiger partial charge in [0.05, 0.1) is 6.54 Å². The van der Waals surface area contributed by atoms with Gasteiger partial charge in [-0.2, -0.15) is 5.26 Å². The Balaban J connectivity index is 2.37. The van der Waals surface area contributed by atoms with E-state index in [1.54, 1.807) is 56.3 Å². The first-order chi connectivity index (χ1) is 14.7. The number of aromatic nitrogens is 1. The van der Waals surface area contributed by atoms with E-state index in [-0.39, 0.29) is 27.2 Å². The number of rotatable bonds is 7. The SMILES string of the molecule is CCn1c(=C=C(C#N)C(=O)O)sc(=C=CNc2cccc(NC(=O)CN(C)C)c2)c1=O. The molecule has 0 atom stereocenters. The monoisotopic (exact) mass is 439 g/mol. The van der Waals surface area contributed by atoms with Gasteiger partial charge in [0.25, 0.3) is 5.56 Å². The molecule has 1 heterocycles. The highest BCUT2D eigenvalue weighted by atomic mass is 32.1. The molecule has 9 nitrogen and oxygen atoms in total. The van der Waals surface area contributed by atoms with Crippen molar-refractivity contribution >= 4 is 46.1 Å². The first-order valence-corrected chi connectivity index (χ1v) is 9.97. The van der Waals surface area contributed by atoms with E-state index in [1.165, 1.54) is 10.8 Å². The number of aliphatic carboxylic acids is 1. The maximum absolute atomic E-state index is 12.5. The number of likely N-dealkylation sites (N-methyl/N-ethyl adjacent to an activating group) is 1. The third-order valence-corrected chi connectivity index (χ3v) is 4.82. The highest BCUT2D eigenvalue weighted by Gasteiger charge is 2.07. The third-order valence-electron chi connectivity index (χ3n) is 3.81. The van der Waals surface area contributed by atoms with E-state index < -0.39 is 11.5 Å². The number of nitrogens with one attached hydrogen (secondary N) is 2. The number of anilines is 2. The predicted octanol–water partition coefficient (Wildman–Crippen LogP) is 0.349. The Morgan fingerprint density at radius 2 is 2.03 bits per heavy atom. The molecule has 0 fully saturated rings. The van der Waals surface area contributed by atoms with E-state index in [9.17, 15) is 14.4 Å². The molecule has 0 bridgehead atoms. The summed E-state index contributed by atoms with van der Waals surface area (Å²) in [5.74, 6) is -1.55. The normalized spacial score (nSPS) is 9.90. The molecule has 0 saturated heterocycles. The van der Waals surface area contributed by atoms with Crippen molar-refractivity contribution in [1.29, 1.82) is 5.26 Å². The Morgan fingerprint density at radius 1 is 1.32 bits per heavy atom. The first-order valence-electron chi connectivity index (χ1n) is 9.15. The molecule has 1 amide bonds. The summed E-state index contributed by atoms with van der Waals surface area (Å²) in [6.07, 6.45) is 1.45. The van der Waals surface area contributed by atoms with E-state index in [0.717, 1.165) is 11.3 Å². The highest BCUT2D eigenvalue weighted by molar-refractivity contribution is 7.07. The number of benzene rings is 1. The quantitative estimate of drug-likeness (QED) is 0.420. The summed E-state index contributed by atoms with van der Waals surface area (Å²) in [6.45, 7) is 2.28. The second-order valence-corrected chi connectivity index (χ2v) is 7.50. The number of carbonyl (C=O) groups excluding carboxylic acids is 1. The number of carboxylic acid groups (broad SMARTS) is 1. The summed E-state index contributed by atoms with van der Waals surface area (Å²) in [7, 11) is 3.61. The molecule has 2 rings (SSSR count). The standard InChI is InChI=1S/C21H21N5O4S/c1-4-26-19(10-14(12-22)21(29)30)31-17(20(26)28)8-9-23-15-6-5-7-16(11-15)24-18(27)13-25(2)3/h5-7,9,11,23H,4,13H2,1-3H3,(H,24,27)(H,29,30). The van der Waals surface area contributed by atoms with Crippen molar-refractivity contribution in [2.75, 3.05) is 31.3 Å². The lowest BCUT2D eigenvalue weighted by atomic mass is 10.2. The number of nitrogens with zero attached hydrogens (tertiary/aromatic N) is 3. The van der Waals surface area contributed by atoms with Gasteiger partial charge in [-0.05, 0) is 39.2 Å². The van der Waals surface area contributed by atoms with Crippen LogP contribution in [0.15, 0.2) is 40.8 Å². The van der Waals surface area contributed by atoms with Gasteiger partial charge in [-0.3, -0.25) is 14.2 Å². The predicted molar refractivity (Wildman–Crippen MR) is 119 cm³/mol. The van der Waals surface area contributed by atoms with Crippen LogP contribution in [0.4, 0.5) is 11.4 Å². The zero-order chi connectivity index (χ0) is 23.0. The van der Waals surface area contributed by atoms with Gasteiger partial charge < -0.3 is 20.6 Å². The molecule has 0 saturated carbocycles.